The molecule has 5 atom stereocenters. The van der Waals surface area contributed by atoms with Gasteiger partial charge in [-0.05, 0) is 49.4 Å². The molecule has 1 amide bonds. The molecule has 1 heterocycles. The van der Waals surface area contributed by atoms with Crippen LogP contribution in [0.2, 0.25) is 0 Å². The Labute approximate surface area is 153 Å². The SMILES string of the molecule is Cc1cc(Br)ccc1NC(=O)COC(=O)[C@@H]1[C@@H]2C[C@@H]3[C@H]1C(=O)O[C@H]3C2. The van der Waals surface area contributed by atoms with Gasteiger partial charge in [-0.1, -0.05) is 15.9 Å². The number of rotatable bonds is 4. The van der Waals surface area contributed by atoms with E-state index in [2.05, 4.69) is 21.2 Å². The Morgan fingerprint density at radius 3 is 2.92 bits per heavy atom. The number of hydrogen-bond donors (Lipinski definition) is 1. The number of fused-ring (bicyclic) bond motifs is 1. The molecule has 1 N–H and O–H groups in total. The lowest BCUT2D eigenvalue weighted by Crippen LogP contribution is -2.35. The number of amides is 1. The van der Waals surface area contributed by atoms with E-state index in [1.54, 1.807) is 6.07 Å². The van der Waals surface area contributed by atoms with Gasteiger partial charge >= 0.3 is 11.9 Å². The van der Waals surface area contributed by atoms with E-state index < -0.39 is 17.8 Å². The molecule has 3 fully saturated rings. The molecule has 1 saturated heterocycles. The second-order valence-corrected chi connectivity index (χ2v) is 7.95. The van der Waals surface area contributed by atoms with E-state index in [0.717, 1.165) is 22.9 Å². The van der Waals surface area contributed by atoms with Crippen molar-refractivity contribution in [3.8, 4) is 0 Å². The average Bonchev–Trinajstić information content (AvgIpc) is 3.17. The summed E-state index contributed by atoms with van der Waals surface area (Å²) in [4.78, 5) is 36.4. The maximum absolute atomic E-state index is 12.4. The van der Waals surface area contributed by atoms with Crippen LogP contribution in [-0.2, 0) is 23.9 Å². The van der Waals surface area contributed by atoms with Crippen LogP contribution in [0.25, 0.3) is 0 Å². The number of halogens is 1. The maximum Gasteiger partial charge on any atom is 0.310 e. The van der Waals surface area contributed by atoms with E-state index in [0.29, 0.717) is 5.69 Å². The number of hydrogen-bond acceptors (Lipinski definition) is 5. The van der Waals surface area contributed by atoms with Gasteiger partial charge in [0.05, 0.1) is 11.8 Å². The monoisotopic (exact) mass is 407 g/mol. The van der Waals surface area contributed by atoms with Crippen molar-refractivity contribution in [1.29, 1.82) is 0 Å². The van der Waals surface area contributed by atoms with E-state index >= 15 is 0 Å². The lowest BCUT2D eigenvalue weighted by atomic mass is 9.80. The predicted molar refractivity (Wildman–Crippen MR) is 91.5 cm³/mol. The molecule has 6 nitrogen and oxygen atoms in total. The summed E-state index contributed by atoms with van der Waals surface area (Å²) in [5, 5.41) is 2.73. The van der Waals surface area contributed by atoms with Crippen molar-refractivity contribution in [3.05, 3.63) is 28.2 Å². The van der Waals surface area contributed by atoms with Gasteiger partial charge in [-0.25, -0.2) is 0 Å². The first-order valence-corrected chi connectivity index (χ1v) is 9.16. The highest BCUT2D eigenvalue weighted by atomic mass is 79.9. The molecule has 0 unspecified atom stereocenters. The molecular formula is C18H18BrNO5. The van der Waals surface area contributed by atoms with Crippen LogP contribution in [0.1, 0.15) is 18.4 Å². The average molecular weight is 408 g/mol. The molecular weight excluding hydrogens is 390 g/mol. The van der Waals surface area contributed by atoms with Crippen molar-refractivity contribution in [3.63, 3.8) is 0 Å². The van der Waals surface area contributed by atoms with E-state index in [4.69, 9.17) is 9.47 Å². The Kier molecular flexibility index (Phi) is 4.06. The number of carbonyl (C=O) groups excluding carboxylic acids is 3. The minimum Gasteiger partial charge on any atom is -0.462 e. The molecule has 1 aromatic rings. The minimum atomic E-state index is -0.461. The second-order valence-electron chi connectivity index (χ2n) is 7.04. The highest BCUT2D eigenvalue weighted by molar-refractivity contribution is 9.10. The van der Waals surface area contributed by atoms with E-state index in [-0.39, 0.29) is 36.4 Å². The largest absolute Gasteiger partial charge is 0.462 e. The number of anilines is 1. The molecule has 3 aliphatic rings. The Bertz CT molecular complexity index is 762. The van der Waals surface area contributed by atoms with Crippen molar-refractivity contribution in [1.82, 2.24) is 0 Å². The van der Waals surface area contributed by atoms with Crippen molar-refractivity contribution >= 4 is 39.5 Å². The molecule has 2 saturated carbocycles. The van der Waals surface area contributed by atoms with E-state index in [1.807, 2.05) is 19.1 Å². The highest BCUT2D eigenvalue weighted by Gasteiger charge is 2.64. The summed E-state index contributed by atoms with van der Waals surface area (Å²) in [5.74, 6) is -1.70. The topological polar surface area (TPSA) is 81.7 Å². The molecule has 0 aromatic heterocycles. The fraction of sp³-hybridized carbons (Fsp3) is 0.500. The number of carbonyl (C=O) groups is 3. The fourth-order valence-electron chi connectivity index (χ4n) is 4.51. The minimum absolute atomic E-state index is 0.0183. The lowest BCUT2D eigenvalue weighted by molar-refractivity contribution is -0.157. The third kappa shape index (κ3) is 2.84. The van der Waals surface area contributed by atoms with Gasteiger partial charge in [0, 0.05) is 16.1 Å². The Morgan fingerprint density at radius 2 is 2.16 bits per heavy atom. The van der Waals surface area contributed by atoms with Gasteiger partial charge in [-0.3, -0.25) is 14.4 Å². The van der Waals surface area contributed by atoms with Crippen LogP contribution in [0.15, 0.2) is 22.7 Å². The first-order chi connectivity index (χ1) is 11.9. The standard InChI is InChI=1S/C18H18BrNO5/c1-8-4-10(19)2-3-12(8)20-14(21)7-24-17(22)15-9-5-11-13(6-9)25-18(23)16(11)15/h2-4,9,11,13,15-16H,5-7H2,1H3,(H,20,21)/t9-,11+,13+,15-,16-/m1/s1. The summed E-state index contributed by atoms with van der Waals surface area (Å²) < 4.78 is 11.4. The Hall–Kier alpha value is -1.89. The van der Waals surface area contributed by atoms with Crippen LogP contribution in [0.4, 0.5) is 5.69 Å². The molecule has 2 aliphatic carbocycles. The quantitative estimate of drug-likeness (QED) is 0.775. The third-order valence-corrected chi connectivity index (χ3v) is 6.06. The number of aryl methyl sites for hydroxylation is 1. The fourth-order valence-corrected chi connectivity index (χ4v) is 4.99. The summed E-state index contributed by atoms with van der Waals surface area (Å²) in [5.41, 5.74) is 1.58. The number of esters is 2. The number of nitrogens with one attached hydrogen (secondary N) is 1. The van der Waals surface area contributed by atoms with E-state index in [1.165, 1.54) is 0 Å². The second kappa shape index (κ2) is 6.12. The summed E-state index contributed by atoms with van der Waals surface area (Å²) >= 11 is 3.37. The van der Waals surface area contributed by atoms with Crippen molar-refractivity contribution < 1.29 is 23.9 Å². The maximum atomic E-state index is 12.4. The van der Waals surface area contributed by atoms with Gasteiger partial charge < -0.3 is 14.8 Å². The molecule has 0 radical (unpaired) electrons. The van der Waals surface area contributed by atoms with Crippen molar-refractivity contribution in [2.24, 2.45) is 23.7 Å². The van der Waals surface area contributed by atoms with Crippen LogP contribution in [0, 0.1) is 30.6 Å². The number of ether oxygens (including phenoxy) is 2. The molecule has 4 rings (SSSR count). The zero-order valence-electron chi connectivity index (χ0n) is 13.7. The zero-order chi connectivity index (χ0) is 17.7. The summed E-state index contributed by atoms with van der Waals surface area (Å²) in [6, 6.07) is 5.49. The number of benzene rings is 1. The third-order valence-electron chi connectivity index (χ3n) is 5.56. The highest BCUT2D eigenvalue weighted by Crippen LogP contribution is 2.57. The van der Waals surface area contributed by atoms with Gasteiger partial charge in [0.15, 0.2) is 6.61 Å². The van der Waals surface area contributed by atoms with Crippen molar-refractivity contribution in [2.75, 3.05) is 11.9 Å². The molecule has 2 bridgehead atoms. The lowest BCUT2D eigenvalue weighted by Gasteiger charge is -2.22. The predicted octanol–water partition coefficient (Wildman–Crippen LogP) is 2.44. The first-order valence-electron chi connectivity index (χ1n) is 8.37. The zero-order valence-corrected chi connectivity index (χ0v) is 15.2. The Balaban J connectivity index is 1.34. The van der Waals surface area contributed by atoms with Crippen LogP contribution in [0.5, 0.6) is 0 Å². The normalized spacial score (nSPS) is 31.8. The van der Waals surface area contributed by atoms with Gasteiger partial charge in [0.1, 0.15) is 6.10 Å². The molecule has 25 heavy (non-hydrogen) atoms. The molecule has 1 aromatic carbocycles. The van der Waals surface area contributed by atoms with Crippen LogP contribution in [-0.4, -0.2) is 30.6 Å². The van der Waals surface area contributed by atoms with Gasteiger partial charge in [-0.15, -0.1) is 0 Å². The van der Waals surface area contributed by atoms with Crippen LogP contribution < -0.4 is 5.32 Å². The molecule has 1 aliphatic heterocycles. The molecule has 7 heteroatoms. The summed E-state index contributed by atoms with van der Waals surface area (Å²) in [7, 11) is 0. The molecule has 0 spiro atoms. The van der Waals surface area contributed by atoms with E-state index in [9.17, 15) is 14.4 Å². The first kappa shape index (κ1) is 16.6. The summed E-state index contributed by atoms with van der Waals surface area (Å²) in [6.07, 6.45) is 1.55. The van der Waals surface area contributed by atoms with Crippen LogP contribution >= 0.6 is 15.9 Å². The van der Waals surface area contributed by atoms with Crippen molar-refractivity contribution in [2.45, 2.75) is 25.9 Å². The van der Waals surface area contributed by atoms with Gasteiger partial charge in [0.25, 0.3) is 5.91 Å². The Morgan fingerprint density at radius 1 is 1.36 bits per heavy atom. The van der Waals surface area contributed by atoms with Gasteiger partial charge in [-0.2, -0.15) is 0 Å². The summed E-state index contributed by atoms with van der Waals surface area (Å²) in [6.45, 7) is 1.52. The van der Waals surface area contributed by atoms with Gasteiger partial charge in [0.2, 0.25) is 0 Å². The molecule has 132 valence electrons. The van der Waals surface area contributed by atoms with Crippen LogP contribution in [0.3, 0.4) is 0 Å². The smallest absolute Gasteiger partial charge is 0.310 e.